The largest absolute Gasteiger partial charge is 0.324 e. The minimum Gasteiger partial charge on any atom is -0.324 e. The molecule has 0 saturated carbocycles. The van der Waals surface area contributed by atoms with Crippen molar-refractivity contribution in [3.63, 3.8) is 0 Å². The number of halogens is 5. The van der Waals surface area contributed by atoms with Crippen molar-refractivity contribution in [2.45, 2.75) is 44.7 Å². The minimum atomic E-state index is -1.60. The Hall–Kier alpha value is -6.03. The van der Waals surface area contributed by atoms with Crippen LogP contribution in [-0.4, -0.2) is 59.0 Å². The van der Waals surface area contributed by atoms with Gasteiger partial charge >= 0.3 is 0 Å². The lowest BCUT2D eigenvalue weighted by molar-refractivity contribution is -0.127. The smallest absolute Gasteiger partial charge is 0.258 e. The standard InChI is InChI=1S/C45H39Cl5N8O6/c1-25(59)40(57-55-37-19-29(17-32(49)22-37)42(61)51-34-7-3-27(4-8-34)13-15-46)44(63)53-36-11-12-39(31(21-36)24-48)54-45(64)41(26(2)60)58-56-38-20-30(18-33(50)23-38)43(62)52-35-9-5-28(6-10-35)14-16-47/h3-12,17-23,40-41H,13-16,24H2,1-2H3,(H,51,61)(H,52,62)(H,53,63)(H,54,64). The van der Waals surface area contributed by atoms with Crippen LogP contribution in [0, 0.1) is 0 Å². The highest BCUT2D eigenvalue weighted by Gasteiger charge is 2.26. The van der Waals surface area contributed by atoms with Crippen LogP contribution in [0.25, 0.3) is 0 Å². The molecule has 330 valence electrons. The molecule has 0 fully saturated rings. The third-order valence-corrected chi connectivity index (χ3v) is 10.2. The van der Waals surface area contributed by atoms with Crippen molar-refractivity contribution in [2.75, 3.05) is 33.0 Å². The van der Waals surface area contributed by atoms with E-state index in [-0.39, 0.29) is 49.8 Å². The highest BCUT2D eigenvalue weighted by Crippen LogP contribution is 2.27. The average molecular weight is 965 g/mol. The molecule has 2 atom stereocenters. The molecule has 19 heteroatoms. The van der Waals surface area contributed by atoms with Gasteiger partial charge in [0.1, 0.15) is 0 Å². The maximum absolute atomic E-state index is 13.4. The zero-order valence-electron chi connectivity index (χ0n) is 34.1. The van der Waals surface area contributed by atoms with Crippen molar-refractivity contribution in [3.8, 4) is 0 Å². The van der Waals surface area contributed by atoms with E-state index in [1.807, 2.05) is 24.3 Å². The average Bonchev–Trinajstić information content (AvgIpc) is 3.25. The van der Waals surface area contributed by atoms with Gasteiger partial charge in [0.2, 0.25) is 12.1 Å². The van der Waals surface area contributed by atoms with Crippen molar-refractivity contribution in [2.24, 2.45) is 20.5 Å². The maximum atomic E-state index is 13.4. The van der Waals surface area contributed by atoms with E-state index < -0.39 is 47.3 Å². The molecule has 4 N–H and O–H groups in total. The number of ketones is 2. The van der Waals surface area contributed by atoms with E-state index in [9.17, 15) is 28.8 Å². The van der Waals surface area contributed by atoms with E-state index in [0.29, 0.717) is 41.5 Å². The second-order valence-corrected chi connectivity index (χ2v) is 15.9. The van der Waals surface area contributed by atoms with Crippen LogP contribution in [0.4, 0.5) is 34.1 Å². The highest BCUT2D eigenvalue weighted by molar-refractivity contribution is 6.31. The number of rotatable bonds is 19. The predicted octanol–water partition coefficient (Wildman–Crippen LogP) is 11.2. The number of carbonyl (C=O) groups excluding carboxylic acids is 6. The number of azo groups is 2. The van der Waals surface area contributed by atoms with Crippen molar-refractivity contribution in [1.29, 1.82) is 0 Å². The van der Waals surface area contributed by atoms with Crippen molar-refractivity contribution < 1.29 is 28.8 Å². The number of hydrogen-bond donors (Lipinski definition) is 4. The van der Waals surface area contributed by atoms with E-state index in [1.165, 1.54) is 54.6 Å². The monoisotopic (exact) mass is 962 g/mol. The summed E-state index contributed by atoms with van der Waals surface area (Å²) >= 11 is 30.4. The molecule has 64 heavy (non-hydrogen) atoms. The van der Waals surface area contributed by atoms with Crippen LogP contribution in [0.1, 0.15) is 51.3 Å². The van der Waals surface area contributed by atoms with E-state index in [0.717, 1.165) is 25.0 Å². The third-order valence-electron chi connectivity index (χ3n) is 9.10. The Kier molecular flexibility index (Phi) is 18.1. The number of Topliss-reactive ketones (excluding diaryl/α,β-unsaturated/α-hetero) is 2. The molecular weight excluding hydrogens is 926 g/mol. The zero-order valence-corrected chi connectivity index (χ0v) is 37.9. The first-order valence-electron chi connectivity index (χ1n) is 19.3. The molecule has 0 bridgehead atoms. The molecule has 0 radical (unpaired) electrons. The van der Waals surface area contributed by atoms with Gasteiger partial charge in [0.05, 0.1) is 11.4 Å². The number of anilines is 4. The Morgan fingerprint density at radius 1 is 0.516 bits per heavy atom. The molecule has 0 heterocycles. The highest BCUT2D eigenvalue weighted by atomic mass is 35.5. The molecule has 5 aromatic rings. The molecule has 2 unspecified atom stereocenters. The molecule has 0 aliphatic heterocycles. The summed E-state index contributed by atoms with van der Waals surface area (Å²) in [4.78, 5) is 77.9. The van der Waals surface area contributed by atoms with Gasteiger partial charge in [-0.15, -0.1) is 34.8 Å². The summed E-state index contributed by atoms with van der Waals surface area (Å²) in [5, 5.41) is 27.1. The van der Waals surface area contributed by atoms with Crippen LogP contribution >= 0.6 is 58.0 Å². The summed E-state index contributed by atoms with van der Waals surface area (Å²) in [7, 11) is 0. The first-order chi connectivity index (χ1) is 30.6. The normalized spacial score (nSPS) is 12.1. The van der Waals surface area contributed by atoms with E-state index >= 15 is 0 Å². The fourth-order valence-corrected chi connectivity index (χ4v) is 6.98. The van der Waals surface area contributed by atoms with Gasteiger partial charge in [0.15, 0.2) is 11.6 Å². The number of hydrogen-bond acceptors (Lipinski definition) is 10. The first-order valence-corrected chi connectivity index (χ1v) is 21.7. The van der Waals surface area contributed by atoms with Crippen LogP contribution in [0.3, 0.4) is 0 Å². The number of nitrogens with one attached hydrogen (secondary N) is 4. The van der Waals surface area contributed by atoms with Crippen molar-refractivity contribution >= 4 is 127 Å². The molecule has 5 rings (SSSR count). The van der Waals surface area contributed by atoms with Gasteiger partial charge in [0.25, 0.3) is 23.6 Å². The summed E-state index contributed by atoms with van der Waals surface area (Å²) in [6.45, 7) is 2.33. The molecule has 0 spiro atoms. The molecule has 0 aliphatic rings. The zero-order chi connectivity index (χ0) is 46.3. The Labute approximate surface area is 393 Å². The Morgan fingerprint density at radius 3 is 1.34 bits per heavy atom. The maximum Gasteiger partial charge on any atom is 0.258 e. The lowest BCUT2D eigenvalue weighted by atomic mass is 10.1. The Bertz CT molecular complexity index is 2610. The molecule has 0 aromatic heterocycles. The van der Waals surface area contributed by atoms with Gasteiger partial charge < -0.3 is 21.3 Å². The van der Waals surface area contributed by atoms with E-state index in [2.05, 4.69) is 41.7 Å². The molecule has 0 saturated heterocycles. The summed E-state index contributed by atoms with van der Waals surface area (Å²) in [5.41, 5.74) is 4.40. The van der Waals surface area contributed by atoms with Crippen LogP contribution in [0.15, 0.2) is 124 Å². The molecule has 14 nitrogen and oxygen atoms in total. The predicted molar refractivity (Wildman–Crippen MR) is 252 cm³/mol. The third kappa shape index (κ3) is 14.2. The Morgan fingerprint density at radius 2 is 0.938 bits per heavy atom. The quantitative estimate of drug-likeness (QED) is 0.0360. The number of nitrogens with zero attached hydrogens (tertiary/aromatic N) is 4. The minimum absolute atomic E-state index is 0.111. The summed E-state index contributed by atoms with van der Waals surface area (Å²) in [5.74, 6) is -3.10. The number of benzene rings is 5. The van der Waals surface area contributed by atoms with Crippen LogP contribution in [-0.2, 0) is 37.9 Å². The number of amides is 4. The fraction of sp³-hybridized carbons (Fsp3) is 0.200. The van der Waals surface area contributed by atoms with E-state index in [4.69, 9.17) is 58.0 Å². The van der Waals surface area contributed by atoms with Crippen molar-refractivity contribution in [3.05, 3.63) is 141 Å². The van der Waals surface area contributed by atoms with Gasteiger partial charge in [-0.1, -0.05) is 47.5 Å². The van der Waals surface area contributed by atoms with Gasteiger partial charge in [0, 0.05) is 61.6 Å². The van der Waals surface area contributed by atoms with Crippen LogP contribution < -0.4 is 21.3 Å². The van der Waals surface area contributed by atoms with Gasteiger partial charge in [-0.3, -0.25) is 28.8 Å². The SMILES string of the molecule is CC(=O)C(N=Nc1cc(Cl)cc(C(=O)Nc2ccc(CCCl)cc2)c1)C(=O)Nc1ccc(NC(=O)C(N=Nc2cc(Cl)cc(C(=O)Nc3ccc(CCCl)cc3)c2)C(C)=O)c(CCl)c1. The lowest BCUT2D eigenvalue weighted by Crippen LogP contribution is -2.32. The van der Waals surface area contributed by atoms with Gasteiger partial charge in [-0.2, -0.15) is 20.5 Å². The molecule has 5 aromatic carbocycles. The number of alkyl halides is 3. The molecule has 0 aliphatic carbocycles. The van der Waals surface area contributed by atoms with Crippen molar-refractivity contribution in [1.82, 2.24) is 0 Å². The van der Waals surface area contributed by atoms with Crippen LogP contribution in [0.2, 0.25) is 10.0 Å². The van der Waals surface area contributed by atoms with E-state index in [1.54, 1.807) is 24.3 Å². The van der Waals surface area contributed by atoms with Gasteiger partial charge in [-0.25, -0.2) is 0 Å². The topological polar surface area (TPSA) is 200 Å². The van der Waals surface area contributed by atoms with Gasteiger partial charge in [-0.05, 0) is 122 Å². The Balaban J connectivity index is 1.23. The lowest BCUT2D eigenvalue weighted by Gasteiger charge is -2.15. The number of carbonyl (C=O) groups is 6. The number of aryl methyl sites for hydroxylation is 2. The molecular formula is C45H39Cl5N8O6. The summed E-state index contributed by atoms with van der Waals surface area (Å²) in [6.07, 6.45) is 1.37. The second kappa shape index (κ2) is 23.6. The fourth-order valence-electron chi connectivity index (χ4n) is 5.86. The molecule has 4 amide bonds. The first kappa shape index (κ1) is 49.0. The summed E-state index contributed by atoms with van der Waals surface area (Å²) in [6, 6.07) is 24.0. The summed E-state index contributed by atoms with van der Waals surface area (Å²) < 4.78 is 0. The van der Waals surface area contributed by atoms with Crippen LogP contribution in [0.5, 0.6) is 0 Å². The second-order valence-electron chi connectivity index (χ2n) is 14.0.